The van der Waals surface area contributed by atoms with Crippen molar-refractivity contribution in [3.05, 3.63) is 10.1 Å². The molecule has 0 spiro atoms. The van der Waals surface area contributed by atoms with Crippen molar-refractivity contribution in [2.75, 3.05) is 12.3 Å². The fourth-order valence-corrected chi connectivity index (χ4v) is 0.573. The summed E-state index contributed by atoms with van der Waals surface area (Å²) >= 11 is 0. The average molecular weight is 174 g/mol. The number of tetrazole rings is 1. The van der Waals surface area contributed by atoms with E-state index in [0.717, 1.165) is 0 Å². The Bertz CT molecular complexity index is 271. The molecule has 0 bridgehead atoms. The maximum atomic E-state index is 9.70. The summed E-state index contributed by atoms with van der Waals surface area (Å²) in [6.45, 7) is 0.0298. The van der Waals surface area contributed by atoms with Crippen LogP contribution < -0.4 is 5.73 Å². The Balaban J connectivity index is 2.33. The first-order valence-corrected chi connectivity index (χ1v) is 2.99. The van der Waals surface area contributed by atoms with Crippen LogP contribution in [0, 0.1) is 10.1 Å². The van der Waals surface area contributed by atoms with E-state index >= 15 is 0 Å². The third-order valence-corrected chi connectivity index (χ3v) is 1.06. The molecule has 1 rings (SSSR count). The van der Waals surface area contributed by atoms with Crippen molar-refractivity contribution in [1.82, 2.24) is 20.2 Å². The van der Waals surface area contributed by atoms with Gasteiger partial charge in [-0.15, -0.1) is 10.1 Å². The van der Waals surface area contributed by atoms with E-state index in [4.69, 9.17) is 5.73 Å². The van der Waals surface area contributed by atoms with Gasteiger partial charge in [0.25, 0.3) is 5.09 Å². The van der Waals surface area contributed by atoms with E-state index in [1.807, 2.05) is 0 Å². The molecule has 0 radical (unpaired) electrons. The van der Waals surface area contributed by atoms with Gasteiger partial charge in [0, 0.05) is 0 Å². The SMILES string of the molecule is Nc1nnnn1CCO[N+](=O)[O-]. The van der Waals surface area contributed by atoms with E-state index in [1.165, 1.54) is 4.68 Å². The molecular formula is C3H6N6O3. The molecule has 1 heterocycles. The first kappa shape index (κ1) is 8.17. The van der Waals surface area contributed by atoms with Crippen LogP contribution in [0.5, 0.6) is 0 Å². The van der Waals surface area contributed by atoms with Crippen LogP contribution in [-0.4, -0.2) is 31.9 Å². The molecule has 1 aromatic heterocycles. The quantitative estimate of drug-likeness (QED) is 0.433. The molecule has 0 aliphatic rings. The van der Waals surface area contributed by atoms with E-state index in [2.05, 4.69) is 20.4 Å². The molecule has 0 unspecified atom stereocenters. The highest BCUT2D eigenvalue weighted by Gasteiger charge is 2.01. The van der Waals surface area contributed by atoms with Crippen molar-refractivity contribution < 1.29 is 9.92 Å². The van der Waals surface area contributed by atoms with Crippen molar-refractivity contribution in [2.24, 2.45) is 0 Å². The molecule has 1 aromatic rings. The van der Waals surface area contributed by atoms with E-state index < -0.39 is 5.09 Å². The normalized spacial score (nSPS) is 9.67. The van der Waals surface area contributed by atoms with Crippen LogP contribution in [0.1, 0.15) is 0 Å². The fraction of sp³-hybridized carbons (Fsp3) is 0.667. The molecule has 12 heavy (non-hydrogen) atoms. The second-order valence-electron chi connectivity index (χ2n) is 1.82. The molecule has 2 N–H and O–H groups in total. The first-order chi connectivity index (χ1) is 5.70. The largest absolute Gasteiger partial charge is 0.367 e. The maximum Gasteiger partial charge on any atom is 0.294 e. The minimum atomic E-state index is -0.888. The summed E-state index contributed by atoms with van der Waals surface area (Å²) in [7, 11) is 0. The molecule has 0 fully saturated rings. The number of anilines is 1. The summed E-state index contributed by atoms with van der Waals surface area (Å²) in [6, 6.07) is 0. The van der Waals surface area contributed by atoms with Crippen molar-refractivity contribution in [3.63, 3.8) is 0 Å². The molecule has 66 valence electrons. The van der Waals surface area contributed by atoms with Crippen molar-refractivity contribution in [1.29, 1.82) is 0 Å². The third kappa shape index (κ3) is 2.04. The Morgan fingerprint density at radius 1 is 1.75 bits per heavy atom. The number of nitrogens with two attached hydrogens (primary N) is 1. The van der Waals surface area contributed by atoms with Gasteiger partial charge in [0.1, 0.15) is 6.61 Å². The number of aromatic nitrogens is 4. The molecule has 0 saturated carbocycles. The average Bonchev–Trinajstić information content (AvgIpc) is 2.36. The molecule has 0 aromatic carbocycles. The summed E-state index contributed by atoms with van der Waals surface area (Å²) in [5.41, 5.74) is 5.26. The Morgan fingerprint density at radius 3 is 3.00 bits per heavy atom. The fourth-order valence-electron chi connectivity index (χ4n) is 0.573. The lowest BCUT2D eigenvalue weighted by Gasteiger charge is -1.98. The van der Waals surface area contributed by atoms with Gasteiger partial charge in [0.05, 0.1) is 6.54 Å². The predicted molar refractivity (Wildman–Crippen MR) is 35.2 cm³/mol. The molecule has 0 saturated heterocycles. The summed E-state index contributed by atoms with van der Waals surface area (Å²) < 4.78 is 1.20. The second kappa shape index (κ2) is 3.46. The van der Waals surface area contributed by atoms with Gasteiger partial charge in [0.2, 0.25) is 5.95 Å². The van der Waals surface area contributed by atoms with Crippen molar-refractivity contribution in [3.8, 4) is 0 Å². The van der Waals surface area contributed by atoms with Gasteiger partial charge in [-0.25, -0.2) is 4.68 Å². The number of nitrogen functional groups attached to an aromatic ring is 1. The third-order valence-electron chi connectivity index (χ3n) is 1.06. The van der Waals surface area contributed by atoms with Crippen LogP contribution in [0.4, 0.5) is 5.95 Å². The second-order valence-corrected chi connectivity index (χ2v) is 1.82. The molecule has 0 aliphatic heterocycles. The van der Waals surface area contributed by atoms with Gasteiger partial charge in [-0.1, -0.05) is 5.10 Å². The van der Waals surface area contributed by atoms with Gasteiger partial charge in [-0.05, 0) is 10.4 Å². The van der Waals surface area contributed by atoms with Crippen LogP contribution in [-0.2, 0) is 11.4 Å². The summed E-state index contributed by atoms with van der Waals surface area (Å²) in [5.74, 6) is 0.0990. The van der Waals surface area contributed by atoms with Crippen LogP contribution >= 0.6 is 0 Å². The lowest BCUT2D eigenvalue weighted by atomic mass is 10.7. The minimum Gasteiger partial charge on any atom is -0.367 e. The van der Waals surface area contributed by atoms with E-state index in [-0.39, 0.29) is 19.1 Å². The summed E-state index contributed by atoms with van der Waals surface area (Å²) in [5, 5.41) is 18.9. The van der Waals surface area contributed by atoms with Gasteiger partial charge < -0.3 is 10.6 Å². The molecular weight excluding hydrogens is 168 g/mol. The van der Waals surface area contributed by atoms with E-state index in [1.54, 1.807) is 0 Å². The molecule has 0 aliphatic carbocycles. The smallest absolute Gasteiger partial charge is 0.294 e. The summed E-state index contributed by atoms with van der Waals surface area (Å²) in [6.07, 6.45) is 0. The van der Waals surface area contributed by atoms with Gasteiger partial charge >= 0.3 is 0 Å². The zero-order valence-electron chi connectivity index (χ0n) is 5.95. The number of rotatable bonds is 4. The Morgan fingerprint density at radius 2 is 2.50 bits per heavy atom. The van der Waals surface area contributed by atoms with Crippen LogP contribution in [0.15, 0.2) is 0 Å². The zero-order valence-corrected chi connectivity index (χ0v) is 5.95. The van der Waals surface area contributed by atoms with Crippen LogP contribution in [0.2, 0.25) is 0 Å². The Hall–Kier alpha value is -1.93. The lowest BCUT2D eigenvalue weighted by Crippen LogP contribution is -2.12. The standard InChI is InChI=1S/C3H6N6O3/c4-3-5-6-7-8(3)1-2-12-9(10)11/h1-2H2,(H2,4,5,7). The van der Waals surface area contributed by atoms with E-state index in [9.17, 15) is 10.1 Å². The number of nitrogens with zero attached hydrogens (tertiary/aromatic N) is 5. The molecule has 0 atom stereocenters. The van der Waals surface area contributed by atoms with Crippen molar-refractivity contribution >= 4 is 5.95 Å². The maximum absolute atomic E-state index is 9.70. The van der Waals surface area contributed by atoms with Crippen LogP contribution in [0.25, 0.3) is 0 Å². The highest BCUT2D eigenvalue weighted by atomic mass is 16.9. The topological polar surface area (TPSA) is 122 Å². The first-order valence-electron chi connectivity index (χ1n) is 2.99. The van der Waals surface area contributed by atoms with Gasteiger partial charge in [0.15, 0.2) is 0 Å². The molecule has 9 heteroatoms. The number of hydrogen-bond acceptors (Lipinski definition) is 7. The highest BCUT2D eigenvalue weighted by molar-refractivity contribution is 5.09. The van der Waals surface area contributed by atoms with Crippen molar-refractivity contribution in [2.45, 2.75) is 6.54 Å². The highest BCUT2D eigenvalue weighted by Crippen LogP contribution is 1.91. The monoisotopic (exact) mass is 174 g/mol. The van der Waals surface area contributed by atoms with Gasteiger partial charge in [-0.2, -0.15) is 0 Å². The molecule has 9 nitrogen and oxygen atoms in total. The Kier molecular flexibility index (Phi) is 2.35. The lowest BCUT2D eigenvalue weighted by molar-refractivity contribution is -0.758. The summed E-state index contributed by atoms with van der Waals surface area (Å²) in [4.78, 5) is 13.7. The molecule has 0 amide bonds. The predicted octanol–water partition coefficient (Wildman–Crippen LogP) is -1.54. The number of hydrogen-bond donors (Lipinski definition) is 1. The van der Waals surface area contributed by atoms with Gasteiger partial charge in [-0.3, -0.25) is 0 Å². The van der Waals surface area contributed by atoms with E-state index in [0.29, 0.717) is 0 Å². The van der Waals surface area contributed by atoms with Crippen LogP contribution in [0.3, 0.4) is 0 Å². The Labute approximate surface area is 66.2 Å². The zero-order chi connectivity index (χ0) is 8.97. The minimum absolute atomic E-state index is 0.0990.